The summed E-state index contributed by atoms with van der Waals surface area (Å²) in [7, 11) is 0. The van der Waals surface area contributed by atoms with E-state index in [4.69, 9.17) is 23.2 Å². The van der Waals surface area contributed by atoms with Crippen molar-refractivity contribution < 1.29 is 4.79 Å². The highest BCUT2D eigenvalue weighted by molar-refractivity contribution is 6.31. The van der Waals surface area contributed by atoms with E-state index in [-0.39, 0.29) is 5.91 Å². The minimum absolute atomic E-state index is 0.0233. The number of rotatable bonds is 3. The van der Waals surface area contributed by atoms with Crippen molar-refractivity contribution >= 4 is 34.8 Å². The Labute approximate surface area is 134 Å². The first-order valence-corrected chi connectivity index (χ1v) is 7.60. The number of amides is 1. The van der Waals surface area contributed by atoms with E-state index in [2.05, 4.69) is 5.32 Å². The Morgan fingerprint density at radius 1 is 1.10 bits per heavy atom. The second kappa shape index (κ2) is 5.36. The third kappa shape index (κ3) is 2.78. The van der Waals surface area contributed by atoms with Crippen LogP contribution in [0.1, 0.15) is 24.0 Å². The molecular formula is C17H15Cl2NO. The van der Waals surface area contributed by atoms with Gasteiger partial charge in [0.2, 0.25) is 5.91 Å². The second-order valence-corrected chi connectivity index (χ2v) is 6.38. The SMILES string of the molecule is Cc1cc(Cl)ccc1NC(=O)C1(c2cccc(Cl)c2)CC1. The van der Waals surface area contributed by atoms with Crippen molar-refractivity contribution in [1.29, 1.82) is 0 Å². The first-order chi connectivity index (χ1) is 10.0. The van der Waals surface area contributed by atoms with Gasteiger partial charge in [-0.3, -0.25) is 4.79 Å². The molecule has 0 unspecified atom stereocenters. The zero-order valence-corrected chi connectivity index (χ0v) is 13.1. The third-order valence-corrected chi connectivity index (χ3v) is 4.47. The zero-order valence-electron chi connectivity index (χ0n) is 11.6. The van der Waals surface area contributed by atoms with Gasteiger partial charge in [-0.05, 0) is 61.2 Å². The van der Waals surface area contributed by atoms with E-state index in [9.17, 15) is 4.79 Å². The number of halogens is 2. The van der Waals surface area contributed by atoms with Crippen LogP contribution < -0.4 is 5.32 Å². The van der Waals surface area contributed by atoms with E-state index in [0.717, 1.165) is 29.7 Å². The quantitative estimate of drug-likeness (QED) is 0.850. The fourth-order valence-corrected chi connectivity index (χ4v) is 2.98. The molecule has 1 fully saturated rings. The molecule has 1 N–H and O–H groups in total. The van der Waals surface area contributed by atoms with Gasteiger partial charge >= 0.3 is 0 Å². The Morgan fingerprint density at radius 3 is 2.43 bits per heavy atom. The van der Waals surface area contributed by atoms with Crippen LogP contribution >= 0.6 is 23.2 Å². The van der Waals surface area contributed by atoms with E-state index in [1.54, 1.807) is 6.07 Å². The Bertz CT molecular complexity index is 708. The van der Waals surface area contributed by atoms with Crippen LogP contribution in [0.3, 0.4) is 0 Å². The van der Waals surface area contributed by atoms with Gasteiger partial charge < -0.3 is 5.32 Å². The minimum atomic E-state index is -0.434. The van der Waals surface area contributed by atoms with Crippen molar-refractivity contribution in [2.24, 2.45) is 0 Å². The summed E-state index contributed by atoms with van der Waals surface area (Å²) >= 11 is 12.0. The van der Waals surface area contributed by atoms with E-state index < -0.39 is 5.41 Å². The predicted octanol–water partition coefficient (Wildman–Crippen LogP) is 4.97. The normalized spacial score (nSPS) is 15.6. The van der Waals surface area contributed by atoms with Gasteiger partial charge in [0, 0.05) is 15.7 Å². The molecule has 1 aliphatic carbocycles. The van der Waals surface area contributed by atoms with Crippen LogP contribution in [-0.2, 0) is 10.2 Å². The molecule has 3 rings (SSSR count). The highest BCUT2D eigenvalue weighted by atomic mass is 35.5. The Hall–Kier alpha value is -1.51. The molecule has 4 heteroatoms. The van der Waals surface area contributed by atoms with Crippen molar-refractivity contribution in [3.63, 3.8) is 0 Å². The van der Waals surface area contributed by atoms with E-state index in [0.29, 0.717) is 10.0 Å². The van der Waals surface area contributed by atoms with Gasteiger partial charge in [-0.15, -0.1) is 0 Å². The summed E-state index contributed by atoms with van der Waals surface area (Å²) in [5.41, 5.74) is 2.31. The Balaban J connectivity index is 1.85. The maximum Gasteiger partial charge on any atom is 0.235 e. The van der Waals surface area contributed by atoms with Crippen molar-refractivity contribution in [1.82, 2.24) is 0 Å². The minimum Gasteiger partial charge on any atom is -0.325 e. The second-order valence-electron chi connectivity index (χ2n) is 5.51. The molecule has 0 radical (unpaired) electrons. The van der Waals surface area contributed by atoms with Gasteiger partial charge in [-0.2, -0.15) is 0 Å². The molecule has 0 aromatic heterocycles. The lowest BCUT2D eigenvalue weighted by molar-refractivity contribution is -0.118. The Morgan fingerprint density at radius 2 is 1.81 bits per heavy atom. The summed E-state index contributed by atoms with van der Waals surface area (Å²) in [5, 5.41) is 4.35. The molecule has 2 aromatic carbocycles. The standard InChI is InChI=1S/C17H15Cl2NO/c1-11-9-14(19)5-6-15(11)20-16(21)17(7-8-17)12-3-2-4-13(18)10-12/h2-6,9-10H,7-8H2,1H3,(H,20,21). The van der Waals surface area contributed by atoms with Crippen LogP contribution in [0.4, 0.5) is 5.69 Å². The molecule has 1 amide bonds. The van der Waals surface area contributed by atoms with Gasteiger partial charge in [-0.25, -0.2) is 0 Å². The summed E-state index contributed by atoms with van der Waals surface area (Å²) in [4.78, 5) is 12.7. The fraction of sp³-hybridized carbons (Fsp3) is 0.235. The maximum atomic E-state index is 12.7. The van der Waals surface area contributed by atoms with Crippen LogP contribution in [0.15, 0.2) is 42.5 Å². The van der Waals surface area contributed by atoms with Crippen molar-refractivity contribution in [3.8, 4) is 0 Å². The third-order valence-electron chi connectivity index (χ3n) is 4.00. The molecule has 0 saturated heterocycles. The lowest BCUT2D eigenvalue weighted by atomic mass is 9.95. The average Bonchev–Trinajstić information content (AvgIpc) is 3.23. The molecule has 108 valence electrons. The smallest absolute Gasteiger partial charge is 0.235 e. The summed E-state index contributed by atoms with van der Waals surface area (Å²) < 4.78 is 0. The summed E-state index contributed by atoms with van der Waals surface area (Å²) in [6, 6.07) is 13.0. The van der Waals surface area contributed by atoms with E-state index >= 15 is 0 Å². The van der Waals surface area contributed by atoms with Crippen molar-refractivity contribution in [2.45, 2.75) is 25.2 Å². The number of anilines is 1. The van der Waals surface area contributed by atoms with Crippen LogP contribution in [-0.4, -0.2) is 5.91 Å². The molecule has 1 saturated carbocycles. The number of hydrogen-bond acceptors (Lipinski definition) is 1. The number of aryl methyl sites for hydroxylation is 1. The molecule has 1 aliphatic rings. The summed E-state index contributed by atoms with van der Waals surface area (Å²) in [5.74, 6) is 0.0233. The average molecular weight is 320 g/mol. The van der Waals surface area contributed by atoms with Gasteiger partial charge in [0.15, 0.2) is 0 Å². The lowest BCUT2D eigenvalue weighted by Crippen LogP contribution is -2.28. The maximum absolute atomic E-state index is 12.7. The lowest BCUT2D eigenvalue weighted by Gasteiger charge is -2.17. The number of benzene rings is 2. The van der Waals surface area contributed by atoms with Crippen molar-refractivity contribution in [3.05, 3.63) is 63.6 Å². The number of nitrogens with one attached hydrogen (secondary N) is 1. The molecule has 0 aliphatic heterocycles. The van der Waals surface area contributed by atoms with Gasteiger partial charge in [-0.1, -0.05) is 35.3 Å². The topological polar surface area (TPSA) is 29.1 Å². The Kier molecular flexibility index (Phi) is 3.68. The summed E-state index contributed by atoms with van der Waals surface area (Å²) in [6.45, 7) is 1.93. The number of carbonyl (C=O) groups is 1. The van der Waals surface area contributed by atoms with Crippen LogP contribution in [0.5, 0.6) is 0 Å². The van der Waals surface area contributed by atoms with Crippen molar-refractivity contribution in [2.75, 3.05) is 5.32 Å². The first-order valence-electron chi connectivity index (χ1n) is 6.85. The van der Waals surface area contributed by atoms with Crippen LogP contribution in [0.2, 0.25) is 10.0 Å². The predicted molar refractivity (Wildman–Crippen MR) is 87.2 cm³/mol. The molecule has 0 heterocycles. The molecule has 0 bridgehead atoms. The zero-order chi connectivity index (χ0) is 15.0. The molecular weight excluding hydrogens is 305 g/mol. The highest BCUT2D eigenvalue weighted by Crippen LogP contribution is 2.49. The first kappa shape index (κ1) is 14.4. The van der Waals surface area contributed by atoms with Gasteiger partial charge in [0.05, 0.1) is 5.41 Å². The summed E-state index contributed by atoms with van der Waals surface area (Å²) in [6.07, 6.45) is 1.71. The van der Waals surface area contributed by atoms with E-state index in [1.165, 1.54) is 0 Å². The molecule has 0 spiro atoms. The monoisotopic (exact) mass is 319 g/mol. The highest BCUT2D eigenvalue weighted by Gasteiger charge is 2.51. The molecule has 2 nitrogen and oxygen atoms in total. The fourth-order valence-electron chi connectivity index (χ4n) is 2.57. The van der Waals surface area contributed by atoms with Crippen LogP contribution in [0, 0.1) is 6.92 Å². The number of carbonyl (C=O) groups excluding carboxylic acids is 1. The molecule has 0 atom stereocenters. The largest absolute Gasteiger partial charge is 0.325 e. The van der Waals surface area contributed by atoms with Gasteiger partial charge in [0.25, 0.3) is 0 Å². The molecule has 21 heavy (non-hydrogen) atoms. The van der Waals surface area contributed by atoms with Crippen LogP contribution in [0.25, 0.3) is 0 Å². The van der Waals surface area contributed by atoms with E-state index in [1.807, 2.05) is 43.3 Å². The molecule has 2 aromatic rings. The van der Waals surface area contributed by atoms with Gasteiger partial charge in [0.1, 0.15) is 0 Å². The number of hydrogen-bond donors (Lipinski definition) is 1.